The molecular formula is C16H35N3O. The van der Waals surface area contributed by atoms with Gasteiger partial charge >= 0.3 is 0 Å². The number of hydrogen-bond donors (Lipinski definition) is 2. The van der Waals surface area contributed by atoms with Gasteiger partial charge in [-0.25, -0.2) is 0 Å². The zero-order valence-corrected chi connectivity index (χ0v) is 14.2. The molecule has 1 saturated heterocycles. The largest absolute Gasteiger partial charge is 0.394 e. The van der Waals surface area contributed by atoms with Crippen molar-refractivity contribution >= 4 is 0 Å². The van der Waals surface area contributed by atoms with Crippen LogP contribution in [-0.2, 0) is 0 Å². The summed E-state index contributed by atoms with van der Waals surface area (Å²) in [4.78, 5) is 5.04. The molecule has 0 aliphatic carbocycles. The number of rotatable bonds is 7. The van der Waals surface area contributed by atoms with Gasteiger partial charge in [0.25, 0.3) is 0 Å². The highest BCUT2D eigenvalue weighted by molar-refractivity contribution is 4.89. The fourth-order valence-corrected chi connectivity index (χ4v) is 3.43. The van der Waals surface area contributed by atoms with Crippen LogP contribution in [-0.4, -0.2) is 72.4 Å². The summed E-state index contributed by atoms with van der Waals surface area (Å²) in [6.45, 7) is 13.6. The van der Waals surface area contributed by atoms with Gasteiger partial charge in [-0.2, -0.15) is 0 Å². The fraction of sp³-hybridized carbons (Fsp3) is 1.00. The third-order valence-corrected chi connectivity index (χ3v) is 4.56. The minimum atomic E-state index is -0.159. The van der Waals surface area contributed by atoms with Crippen molar-refractivity contribution in [3.05, 3.63) is 0 Å². The quantitative estimate of drug-likeness (QED) is 0.744. The van der Waals surface area contributed by atoms with Gasteiger partial charge in [-0.3, -0.25) is 4.90 Å². The molecule has 0 aromatic carbocycles. The Morgan fingerprint density at radius 2 is 2.10 bits per heavy atom. The maximum Gasteiger partial charge on any atom is 0.0611 e. The van der Waals surface area contributed by atoms with E-state index < -0.39 is 0 Å². The van der Waals surface area contributed by atoms with Crippen molar-refractivity contribution in [3.63, 3.8) is 0 Å². The molecule has 4 nitrogen and oxygen atoms in total. The van der Waals surface area contributed by atoms with Gasteiger partial charge in [-0.15, -0.1) is 0 Å². The Morgan fingerprint density at radius 3 is 2.70 bits per heavy atom. The van der Waals surface area contributed by atoms with Gasteiger partial charge in [0.05, 0.1) is 6.61 Å². The van der Waals surface area contributed by atoms with E-state index in [4.69, 9.17) is 0 Å². The Bertz CT molecular complexity index is 274. The lowest BCUT2D eigenvalue weighted by atomic mass is 9.92. The molecule has 0 saturated carbocycles. The zero-order valence-electron chi connectivity index (χ0n) is 14.2. The molecule has 3 atom stereocenters. The molecule has 0 amide bonds. The Balaban J connectivity index is 2.60. The number of aliphatic hydroxyl groups is 1. The molecule has 1 aliphatic rings. The zero-order chi connectivity index (χ0) is 15.2. The van der Waals surface area contributed by atoms with Gasteiger partial charge in [-0.1, -0.05) is 6.92 Å². The minimum Gasteiger partial charge on any atom is -0.394 e. The maximum absolute atomic E-state index is 9.73. The van der Waals surface area contributed by atoms with Crippen LogP contribution in [0.15, 0.2) is 0 Å². The van der Waals surface area contributed by atoms with Crippen LogP contribution in [0.1, 0.15) is 47.0 Å². The van der Waals surface area contributed by atoms with E-state index in [1.807, 2.05) is 0 Å². The van der Waals surface area contributed by atoms with Crippen molar-refractivity contribution in [2.75, 3.05) is 39.8 Å². The van der Waals surface area contributed by atoms with Crippen molar-refractivity contribution in [1.82, 2.24) is 15.1 Å². The summed E-state index contributed by atoms with van der Waals surface area (Å²) in [5, 5.41) is 13.3. The fourth-order valence-electron chi connectivity index (χ4n) is 3.43. The average Bonchev–Trinajstić information content (AvgIpc) is 2.57. The van der Waals surface area contributed by atoms with Crippen LogP contribution in [0.5, 0.6) is 0 Å². The molecule has 3 unspecified atom stereocenters. The molecule has 2 N–H and O–H groups in total. The number of nitrogens with one attached hydrogen (secondary N) is 1. The summed E-state index contributed by atoms with van der Waals surface area (Å²) in [5.41, 5.74) is -0.159. The predicted octanol–water partition coefficient (Wildman–Crippen LogP) is 1.54. The summed E-state index contributed by atoms with van der Waals surface area (Å²) in [7, 11) is 2.21. The van der Waals surface area contributed by atoms with E-state index in [2.05, 4.69) is 49.9 Å². The lowest BCUT2D eigenvalue weighted by Gasteiger charge is -2.39. The number of hydrogen-bond acceptors (Lipinski definition) is 4. The third kappa shape index (κ3) is 5.32. The van der Waals surface area contributed by atoms with Crippen LogP contribution in [0.25, 0.3) is 0 Å². The van der Waals surface area contributed by atoms with Gasteiger partial charge in [0.1, 0.15) is 0 Å². The molecule has 1 rings (SSSR count). The lowest BCUT2D eigenvalue weighted by Crippen LogP contribution is -2.52. The lowest BCUT2D eigenvalue weighted by molar-refractivity contribution is 0.0931. The van der Waals surface area contributed by atoms with Crippen LogP contribution < -0.4 is 5.32 Å². The van der Waals surface area contributed by atoms with Gasteiger partial charge in [-0.05, 0) is 66.7 Å². The number of likely N-dealkylation sites (N-methyl/N-ethyl adjacent to an activating group) is 1. The highest BCUT2D eigenvalue weighted by atomic mass is 16.3. The summed E-state index contributed by atoms with van der Waals surface area (Å²) >= 11 is 0. The maximum atomic E-state index is 9.73. The second-order valence-corrected chi connectivity index (χ2v) is 6.90. The topological polar surface area (TPSA) is 38.7 Å². The first-order valence-electron chi connectivity index (χ1n) is 8.22. The predicted molar refractivity (Wildman–Crippen MR) is 86.1 cm³/mol. The monoisotopic (exact) mass is 285 g/mol. The number of aliphatic hydroxyl groups excluding tert-OH is 1. The molecule has 1 fully saturated rings. The standard InChI is InChI=1S/C16H35N3O/c1-6-8-17-16(4,13-20)11-14(2)19-10-7-9-18(5)12-15(19)3/h14-15,17,20H,6-13H2,1-5H3. The van der Waals surface area contributed by atoms with Crippen molar-refractivity contribution in [2.45, 2.75) is 64.6 Å². The average molecular weight is 285 g/mol. The first-order valence-corrected chi connectivity index (χ1v) is 8.22. The first-order chi connectivity index (χ1) is 9.41. The summed E-state index contributed by atoms with van der Waals surface area (Å²) < 4.78 is 0. The van der Waals surface area contributed by atoms with E-state index in [1.54, 1.807) is 0 Å². The second-order valence-electron chi connectivity index (χ2n) is 6.90. The smallest absolute Gasteiger partial charge is 0.0611 e. The van der Waals surface area contributed by atoms with Gasteiger partial charge < -0.3 is 15.3 Å². The molecule has 4 heteroatoms. The van der Waals surface area contributed by atoms with Crippen LogP contribution in [0.3, 0.4) is 0 Å². The molecule has 1 heterocycles. The van der Waals surface area contributed by atoms with Crippen molar-refractivity contribution in [1.29, 1.82) is 0 Å². The Labute approximate surface area is 125 Å². The molecular weight excluding hydrogens is 250 g/mol. The normalized spacial score (nSPS) is 27.0. The van der Waals surface area contributed by atoms with E-state index in [-0.39, 0.29) is 12.1 Å². The van der Waals surface area contributed by atoms with Crippen molar-refractivity contribution in [2.24, 2.45) is 0 Å². The molecule has 20 heavy (non-hydrogen) atoms. The first kappa shape index (κ1) is 17.9. The van der Waals surface area contributed by atoms with Crippen LogP contribution >= 0.6 is 0 Å². The number of nitrogens with zero attached hydrogens (tertiary/aromatic N) is 2. The van der Waals surface area contributed by atoms with Gasteiger partial charge in [0.2, 0.25) is 0 Å². The Kier molecular flexibility index (Phi) is 7.45. The Hall–Kier alpha value is -0.160. The molecule has 1 aliphatic heterocycles. The van der Waals surface area contributed by atoms with E-state index in [1.165, 1.54) is 19.5 Å². The van der Waals surface area contributed by atoms with Crippen LogP contribution in [0.2, 0.25) is 0 Å². The molecule has 0 bridgehead atoms. The van der Waals surface area contributed by atoms with Gasteiger partial charge in [0.15, 0.2) is 0 Å². The van der Waals surface area contributed by atoms with Crippen LogP contribution in [0, 0.1) is 0 Å². The minimum absolute atomic E-state index is 0.159. The molecule has 120 valence electrons. The van der Waals surface area contributed by atoms with E-state index in [0.29, 0.717) is 12.1 Å². The summed E-state index contributed by atoms with van der Waals surface area (Å²) in [6.07, 6.45) is 3.34. The summed E-state index contributed by atoms with van der Waals surface area (Å²) in [6, 6.07) is 1.09. The van der Waals surface area contributed by atoms with Crippen LogP contribution in [0.4, 0.5) is 0 Å². The van der Waals surface area contributed by atoms with Gasteiger partial charge in [0, 0.05) is 24.2 Å². The van der Waals surface area contributed by atoms with E-state index >= 15 is 0 Å². The molecule has 0 aromatic rings. The summed E-state index contributed by atoms with van der Waals surface area (Å²) in [5.74, 6) is 0. The van der Waals surface area contributed by atoms with Crippen molar-refractivity contribution < 1.29 is 5.11 Å². The highest BCUT2D eigenvalue weighted by Crippen LogP contribution is 2.20. The van der Waals surface area contributed by atoms with E-state index in [0.717, 1.165) is 25.9 Å². The molecule has 0 aromatic heterocycles. The SMILES string of the molecule is CCCNC(C)(CO)CC(C)N1CCCN(C)CC1C. The molecule has 0 spiro atoms. The third-order valence-electron chi connectivity index (χ3n) is 4.56. The van der Waals surface area contributed by atoms with E-state index in [9.17, 15) is 5.11 Å². The second kappa shape index (κ2) is 8.32. The Morgan fingerprint density at radius 1 is 1.40 bits per heavy atom. The highest BCUT2D eigenvalue weighted by Gasteiger charge is 2.30. The van der Waals surface area contributed by atoms with Crippen molar-refractivity contribution in [3.8, 4) is 0 Å². The molecule has 0 radical (unpaired) electrons.